The molecule has 0 spiro atoms. The molecule has 4 nitrogen and oxygen atoms in total. The van der Waals surface area contributed by atoms with Gasteiger partial charge in [0.05, 0.1) is 22.9 Å². The highest BCUT2D eigenvalue weighted by molar-refractivity contribution is 6.42. The van der Waals surface area contributed by atoms with Crippen LogP contribution in [0.15, 0.2) is 23.4 Å². The van der Waals surface area contributed by atoms with Crippen LogP contribution < -0.4 is 0 Å². The third-order valence-corrected chi connectivity index (χ3v) is 3.54. The third-order valence-electron chi connectivity index (χ3n) is 2.80. The second kappa shape index (κ2) is 6.38. The standard InChI is InChI=1S/C12H14Cl2N2O2/c13-11-2-1-9(5-12(11)14)7-16-3-4-18-10(8-16)6-15-17/h1-2,5-6,10,17H,3-4,7-8H2/b15-6+/t10-/m0/s1. The van der Waals surface area contributed by atoms with Gasteiger partial charge in [-0.25, -0.2) is 0 Å². The van der Waals surface area contributed by atoms with Gasteiger partial charge in [-0.3, -0.25) is 4.90 Å². The summed E-state index contributed by atoms with van der Waals surface area (Å²) >= 11 is 11.9. The normalized spacial score (nSPS) is 21.6. The smallest absolute Gasteiger partial charge is 0.109 e. The van der Waals surface area contributed by atoms with Crippen LogP contribution in [0, 0.1) is 0 Å². The van der Waals surface area contributed by atoms with Crippen molar-refractivity contribution in [2.75, 3.05) is 19.7 Å². The molecule has 18 heavy (non-hydrogen) atoms. The molecule has 0 aromatic heterocycles. The van der Waals surface area contributed by atoms with Crippen LogP contribution in [0.4, 0.5) is 0 Å². The van der Waals surface area contributed by atoms with E-state index in [1.165, 1.54) is 6.21 Å². The van der Waals surface area contributed by atoms with E-state index in [9.17, 15) is 0 Å². The molecule has 6 heteroatoms. The lowest BCUT2D eigenvalue weighted by Gasteiger charge is -2.30. The number of nitrogens with zero attached hydrogens (tertiary/aromatic N) is 2. The largest absolute Gasteiger partial charge is 0.411 e. The summed E-state index contributed by atoms with van der Waals surface area (Å²) < 4.78 is 5.43. The lowest BCUT2D eigenvalue weighted by atomic mass is 10.2. The number of benzene rings is 1. The van der Waals surface area contributed by atoms with Crippen molar-refractivity contribution in [2.24, 2.45) is 5.16 Å². The van der Waals surface area contributed by atoms with Gasteiger partial charge in [0.2, 0.25) is 0 Å². The van der Waals surface area contributed by atoms with Crippen LogP contribution >= 0.6 is 23.2 Å². The van der Waals surface area contributed by atoms with Crippen molar-refractivity contribution in [3.63, 3.8) is 0 Å². The molecule has 1 fully saturated rings. The Hall–Kier alpha value is -0.810. The molecule has 98 valence electrons. The minimum atomic E-state index is -0.161. The van der Waals surface area contributed by atoms with E-state index in [-0.39, 0.29) is 6.10 Å². The summed E-state index contributed by atoms with van der Waals surface area (Å²) in [7, 11) is 0. The Kier molecular flexibility index (Phi) is 4.83. The lowest BCUT2D eigenvalue weighted by Crippen LogP contribution is -2.42. The maximum absolute atomic E-state index is 8.50. The molecule has 0 bridgehead atoms. The SMILES string of the molecule is O/N=C/[C@H]1CN(Cc2ccc(Cl)c(Cl)c2)CCO1. The van der Waals surface area contributed by atoms with Crippen molar-refractivity contribution in [1.82, 2.24) is 4.90 Å². The molecule has 1 saturated heterocycles. The van der Waals surface area contributed by atoms with Gasteiger partial charge < -0.3 is 9.94 Å². The first-order valence-electron chi connectivity index (χ1n) is 5.64. The van der Waals surface area contributed by atoms with Crippen molar-refractivity contribution in [3.8, 4) is 0 Å². The Morgan fingerprint density at radius 1 is 1.44 bits per heavy atom. The van der Waals surface area contributed by atoms with E-state index >= 15 is 0 Å². The molecule has 1 aliphatic rings. The van der Waals surface area contributed by atoms with Gasteiger partial charge in [0.15, 0.2) is 0 Å². The highest BCUT2D eigenvalue weighted by atomic mass is 35.5. The summed E-state index contributed by atoms with van der Waals surface area (Å²) in [6, 6.07) is 5.62. The average Bonchev–Trinajstić information content (AvgIpc) is 2.35. The van der Waals surface area contributed by atoms with Crippen molar-refractivity contribution in [2.45, 2.75) is 12.6 Å². The van der Waals surface area contributed by atoms with E-state index in [0.717, 1.165) is 18.7 Å². The fourth-order valence-electron chi connectivity index (χ4n) is 1.94. The molecule has 0 unspecified atom stereocenters. The van der Waals surface area contributed by atoms with Crippen molar-refractivity contribution in [3.05, 3.63) is 33.8 Å². The summed E-state index contributed by atoms with van der Waals surface area (Å²) in [5.41, 5.74) is 1.10. The van der Waals surface area contributed by atoms with Gasteiger partial charge in [0.1, 0.15) is 6.10 Å². The molecular weight excluding hydrogens is 275 g/mol. The zero-order chi connectivity index (χ0) is 13.0. The van der Waals surface area contributed by atoms with Crippen LogP contribution in [-0.4, -0.2) is 42.1 Å². The Morgan fingerprint density at radius 3 is 3.00 bits per heavy atom. The van der Waals surface area contributed by atoms with Crippen LogP contribution in [0.2, 0.25) is 10.0 Å². The first-order chi connectivity index (χ1) is 8.69. The first-order valence-corrected chi connectivity index (χ1v) is 6.40. The molecule has 0 aliphatic carbocycles. The van der Waals surface area contributed by atoms with Gasteiger partial charge in [0.25, 0.3) is 0 Å². The van der Waals surface area contributed by atoms with Crippen LogP contribution in [0.25, 0.3) is 0 Å². The Labute approximate surface area is 116 Å². The van der Waals surface area contributed by atoms with Gasteiger partial charge in [-0.1, -0.05) is 34.4 Å². The molecule has 1 atom stereocenters. The molecular formula is C12H14Cl2N2O2. The number of halogens is 2. The summed E-state index contributed by atoms with van der Waals surface area (Å²) in [6.07, 6.45) is 1.24. The van der Waals surface area contributed by atoms with Crippen molar-refractivity contribution >= 4 is 29.4 Å². The predicted octanol–water partition coefficient (Wildman–Crippen LogP) is 2.65. The lowest BCUT2D eigenvalue weighted by molar-refractivity contribution is 0.00455. The average molecular weight is 289 g/mol. The van der Waals surface area contributed by atoms with Crippen molar-refractivity contribution in [1.29, 1.82) is 0 Å². The summed E-state index contributed by atoms with van der Waals surface area (Å²) in [4.78, 5) is 2.22. The quantitative estimate of drug-likeness (QED) is 0.528. The zero-order valence-electron chi connectivity index (χ0n) is 9.72. The number of rotatable bonds is 3. The minimum absolute atomic E-state index is 0.161. The number of hydrogen-bond acceptors (Lipinski definition) is 4. The fraction of sp³-hybridized carbons (Fsp3) is 0.417. The van der Waals surface area contributed by atoms with Gasteiger partial charge in [-0.05, 0) is 17.7 Å². The molecule has 1 aliphatic heterocycles. The second-order valence-corrected chi connectivity index (χ2v) is 4.97. The Balaban J connectivity index is 1.98. The number of ether oxygens (including phenoxy) is 1. The van der Waals surface area contributed by atoms with E-state index in [1.807, 2.05) is 12.1 Å². The first kappa shape index (κ1) is 13.6. The summed E-state index contributed by atoms with van der Waals surface area (Å²) in [5, 5.41) is 12.6. The molecule has 0 saturated carbocycles. The second-order valence-electron chi connectivity index (χ2n) is 4.16. The van der Waals surface area contributed by atoms with E-state index in [0.29, 0.717) is 23.2 Å². The van der Waals surface area contributed by atoms with Crippen LogP contribution in [-0.2, 0) is 11.3 Å². The highest BCUT2D eigenvalue weighted by Crippen LogP contribution is 2.23. The summed E-state index contributed by atoms with van der Waals surface area (Å²) in [5.74, 6) is 0. The van der Waals surface area contributed by atoms with Gasteiger partial charge >= 0.3 is 0 Å². The van der Waals surface area contributed by atoms with E-state index < -0.39 is 0 Å². The predicted molar refractivity (Wildman–Crippen MR) is 71.8 cm³/mol. The van der Waals surface area contributed by atoms with Crippen LogP contribution in [0.3, 0.4) is 0 Å². The maximum atomic E-state index is 8.50. The molecule has 0 amide bonds. The van der Waals surface area contributed by atoms with Gasteiger partial charge in [-0.15, -0.1) is 0 Å². The van der Waals surface area contributed by atoms with Gasteiger partial charge in [-0.2, -0.15) is 0 Å². The zero-order valence-corrected chi connectivity index (χ0v) is 11.2. The van der Waals surface area contributed by atoms with Crippen LogP contribution in [0.5, 0.6) is 0 Å². The number of morpholine rings is 1. The Bertz CT molecular complexity index is 440. The molecule has 1 N–H and O–H groups in total. The topological polar surface area (TPSA) is 45.1 Å². The number of oxime groups is 1. The summed E-state index contributed by atoms with van der Waals surface area (Å²) in [6.45, 7) is 2.94. The van der Waals surface area contributed by atoms with Gasteiger partial charge in [0, 0.05) is 19.6 Å². The number of hydrogen-bond donors (Lipinski definition) is 1. The van der Waals surface area contributed by atoms with E-state index in [4.69, 9.17) is 33.1 Å². The van der Waals surface area contributed by atoms with E-state index in [1.54, 1.807) is 6.07 Å². The third kappa shape index (κ3) is 3.59. The van der Waals surface area contributed by atoms with E-state index in [2.05, 4.69) is 10.1 Å². The Morgan fingerprint density at radius 2 is 2.28 bits per heavy atom. The van der Waals surface area contributed by atoms with Crippen LogP contribution in [0.1, 0.15) is 5.56 Å². The monoisotopic (exact) mass is 288 g/mol. The van der Waals surface area contributed by atoms with Crippen molar-refractivity contribution < 1.29 is 9.94 Å². The molecule has 1 aromatic rings. The molecule has 1 heterocycles. The minimum Gasteiger partial charge on any atom is -0.411 e. The fourth-order valence-corrected chi connectivity index (χ4v) is 2.26. The maximum Gasteiger partial charge on any atom is 0.109 e. The molecule has 2 rings (SSSR count). The molecule has 1 aromatic carbocycles. The molecule has 0 radical (unpaired) electrons. The highest BCUT2D eigenvalue weighted by Gasteiger charge is 2.19.